The van der Waals surface area contributed by atoms with Crippen LogP contribution in [0.3, 0.4) is 0 Å². The molecule has 0 rings (SSSR count). The van der Waals surface area contributed by atoms with Gasteiger partial charge in [0, 0.05) is 26.2 Å². The highest BCUT2D eigenvalue weighted by Gasteiger charge is 2.30. The van der Waals surface area contributed by atoms with Gasteiger partial charge in [-0.2, -0.15) is 0 Å². The fourth-order valence-electron chi connectivity index (χ4n) is 2.61. The quantitative estimate of drug-likeness (QED) is 0.397. The standard InChI is InChI=1S/C20H40N2O5/c1-5-9-13-21(14-10-6-2)17(23)19(25)27-20(26)18(24)22(15-11-7-3)16-12-8-4/h19-20,25-26H,5-16H2,1-4H3. The maximum absolute atomic E-state index is 12.4. The molecule has 2 atom stereocenters. The van der Waals surface area contributed by atoms with Gasteiger partial charge in [-0.15, -0.1) is 0 Å². The smallest absolute Gasteiger partial charge is 0.279 e. The van der Waals surface area contributed by atoms with E-state index >= 15 is 0 Å². The SMILES string of the molecule is CCCCN(CCCC)C(=O)C(O)OC(O)C(=O)N(CCCC)CCCC. The van der Waals surface area contributed by atoms with E-state index in [4.69, 9.17) is 4.74 Å². The van der Waals surface area contributed by atoms with Gasteiger partial charge >= 0.3 is 0 Å². The molecule has 0 bridgehead atoms. The maximum Gasteiger partial charge on any atom is 0.279 e. The Hall–Kier alpha value is -1.18. The largest absolute Gasteiger partial charge is 0.360 e. The lowest BCUT2D eigenvalue weighted by atomic mass is 10.2. The molecular formula is C20H40N2O5. The summed E-state index contributed by atoms with van der Waals surface area (Å²) >= 11 is 0. The first-order valence-electron chi connectivity index (χ1n) is 10.5. The Labute approximate surface area is 164 Å². The van der Waals surface area contributed by atoms with Gasteiger partial charge in [-0.05, 0) is 25.7 Å². The van der Waals surface area contributed by atoms with Gasteiger partial charge in [0.05, 0.1) is 0 Å². The number of unbranched alkanes of at least 4 members (excludes halogenated alkanes) is 4. The van der Waals surface area contributed by atoms with Gasteiger partial charge in [0.15, 0.2) is 0 Å². The zero-order valence-corrected chi connectivity index (χ0v) is 17.7. The number of aliphatic hydroxyl groups is 2. The lowest BCUT2D eigenvalue weighted by molar-refractivity contribution is -0.220. The van der Waals surface area contributed by atoms with Gasteiger partial charge in [0.2, 0.25) is 12.6 Å². The summed E-state index contributed by atoms with van der Waals surface area (Å²) in [5.41, 5.74) is 0. The van der Waals surface area contributed by atoms with Gasteiger partial charge in [-0.3, -0.25) is 9.59 Å². The van der Waals surface area contributed by atoms with Crippen LogP contribution in [-0.4, -0.2) is 70.6 Å². The van der Waals surface area contributed by atoms with E-state index in [0.29, 0.717) is 26.2 Å². The molecule has 2 amide bonds. The molecule has 0 spiro atoms. The van der Waals surface area contributed by atoms with Crippen molar-refractivity contribution in [1.29, 1.82) is 0 Å². The number of nitrogens with zero attached hydrogens (tertiary/aromatic N) is 2. The number of carbonyl (C=O) groups excluding carboxylic acids is 2. The molecule has 0 fully saturated rings. The fourth-order valence-corrected chi connectivity index (χ4v) is 2.61. The van der Waals surface area contributed by atoms with Crippen LogP contribution in [-0.2, 0) is 14.3 Å². The Balaban J connectivity index is 4.81. The van der Waals surface area contributed by atoms with Gasteiger partial charge in [-0.1, -0.05) is 53.4 Å². The van der Waals surface area contributed by atoms with E-state index in [1.165, 1.54) is 0 Å². The Morgan fingerprint density at radius 2 is 0.926 bits per heavy atom. The number of aliphatic hydroxyl groups excluding tert-OH is 2. The maximum atomic E-state index is 12.4. The molecule has 0 radical (unpaired) electrons. The number of ether oxygens (including phenoxy) is 1. The minimum absolute atomic E-state index is 0.527. The van der Waals surface area contributed by atoms with Crippen LogP contribution in [0, 0.1) is 0 Å². The Bertz CT molecular complexity index is 354. The third-order valence-electron chi connectivity index (χ3n) is 4.43. The molecule has 0 aliphatic carbocycles. The minimum Gasteiger partial charge on any atom is -0.360 e. The van der Waals surface area contributed by atoms with Crippen molar-refractivity contribution >= 4 is 11.8 Å². The number of rotatable bonds is 16. The number of amides is 2. The van der Waals surface area contributed by atoms with E-state index in [1.807, 2.05) is 27.7 Å². The van der Waals surface area contributed by atoms with Gasteiger partial charge in [0.25, 0.3) is 11.8 Å². The van der Waals surface area contributed by atoms with Crippen LogP contribution in [0.1, 0.15) is 79.1 Å². The van der Waals surface area contributed by atoms with E-state index in [2.05, 4.69) is 0 Å². The Kier molecular flexibility index (Phi) is 15.1. The summed E-state index contributed by atoms with van der Waals surface area (Å²) < 4.78 is 4.98. The van der Waals surface area contributed by atoms with E-state index < -0.39 is 24.4 Å². The average molecular weight is 389 g/mol. The predicted octanol–water partition coefficient (Wildman–Crippen LogP) is 2.50. The fraction of sp³-hybridized carbons (Fsp3) is 0.900. The molecule has 0 saturated heterocycles. The van der Waals surface area contributed by atoms with Crippen molar-refractivity contribution < 1.29 is 24.5 Å². The molecule has 0 aliphatic rings. The molecule has 2 N–H and O–H groups in total. The second kappa shape index (κ2) is 15.8. The summed E-state index contributed by atoms with van der Waals surface area (Å²) in [5, 5.41) is 20.2. The zero-order valence-electron chi connectivity index (χ0n) is 17.7. The van der Waals surface area contributed by atoms with Crippen LogP contribution >= 0.6 is 0 Å². The van der Waals surface area contributed by atoms with Crippen molar-refractivity contribution in [3.05, 3.63) is 0 Å². The predicted molar refractivity (Wildman–Crippen MR) is 106 cm³/mol. The van der Waals surface area contributed by atoms with Gasteiger partial charge < -0.3 is 24.7 Å². The van der Waals surface area contributed by atoms with E-state index in [1.54, 1.807) is 9.80 Å². The topological polar surface area (TPSA) is 90.3 Å². The third-order valence-corrected chi connectivity index (χ3v) is 4.43. The van der Waals surface area contributed by atoms with E-state index in [9.17, 15) is 19.8 Å². The van der Waals surface area contributed by atoms with Crippen molar-refractivity contribution in [3.8, 4) is 0 Å². The highest BCUT2D eigenvalue weighted by Crippen LogP contribution is 2.08. The molecule has 0 aromatic carbocycles. The van der Waals surface area contributed by atoms with Crippen molar-refractivity contribution in [2.24, 2.45) is 0 Å². The summed E-state index contributed by atoms with van der Waals surface area (Å²) in [6.45, 7) is 10.2. The minimum atomic E-state index is -1.84. The molecule has 7 heteroatoms. The number of hydrogen-bond acceptors (Lipinski definition) is 5. The third kappa shape index (κ3) is 10.7. The molecule has 27 heavy (non-hydrogen) atoms. The summed E-state index contributed by atoms with van der Waals surface area (Å²) in [7, 11) is 0. The van der Waals surface area contributed by atoms with Crippen LogP contribution in [0.2, 0.25) is 0 Å². The lowest BCUT2D eigenvalue weighted by Crippen LogP contribution is -2.47. The summed E-state index contributed by atoms with van der Waals surface area (Å²) in [5.74, 6) is -1.20. The molecule has 0 saturated carbocycles. The molecule has 0 aliphatic heterocycles. The number of carbonyl (C=O) groups is 2. The second-order valence-electron chi connectivity index (χ2n) is 6.91. The molecule has 7 nitrogen and oxygen atoms in total. The Morgan fingerprint density at radius 1 is 0.667 bits per heavy atom. The molecule has 0 aromatic rings. The lowest BCUT2D eigenvalue weighted by Gasteiger charge is -2.28. The summed E-state index contributed by atoms with van der Waals surface area (Å²) in [6, 6.07) is 0. The zero-order chi connectivity index (χ0) is 20.7. The van der Waals surface area contributed by atoms with Crippen LogP contribution in [0.4, 0.5) is 0 Å². The van der Waals surface area contributed by atoms with Crippen LogP contribution in [0.15, 0.2) is 0 Å². The number of hydrogen-bond donors (Lipinski definition) is 2. The van der Waals surface area contributed by atoms with E-state index in [-0.39, 0.29) is 0 Å². The first kappa shape index (κ1) is 25.8. The summed E-state index contributed by atoms with van der Waals surface area (Å²) in [4.78, 5) is 28.0. The first-order chi connectivity index (χ1) is 12.9. The van der Waals surface area contributed by atoms with Crippen molar-refractivity contribution in [2.45, 2.75) is 91.6 Å². The second-order valence-corrected chi connectivity index (χ2v) is 6.91. The van der Waals surface area contributed by atoms with Crippen molar-refractivity contribution in [1.82, 2.24) is 9.80 Å². The Morgan fingerprint density at radius 3 is 1.15 bits per heavy atom. The first-order valence-corrected chi connectivity index (χ1v) is 10.5. The van der Waals surface area contributed by atoms with Crippen LogP contribution in [0.5, 0.6) is 0 Å². The van der Waals surface area contributed by atoms with E-state index in [0.717, 1.165) is 51.4 Å². The van der Waals surface area contributed by atoms with Gasteiger partial charge in [0.1, 0.15) is 0 Å². The molecule has 2 unspecified atom stereocenters. The van der Waals surface area contributed by atoms with Crippen LogP contribution in [0.25, 0.3) is 0 Å². The van der Waals surface area contributed by atoms with Crippen molar-refractivity contribution in [2.75, 3.05) is 26.2 Å². The van der Waals surface area contributed by atoms with Gasteiger partial charge in [-0.25, -0.2) is 0 Å². The highest BCUT2D eigenvalue weighted by molar-refractivity contribution is 5.82. The molecule has 0 aromatic heterocycles. The molecule has 160 valence electrons. The monoisotopic (exact) mass is 388 g/mol. The molecular weight excluding hydrogens is 348 g/mol. The van der Waals surface area contributed by atoms with Crippen molar-refractivity contribution in [3.63, 3.8) is 0 Å². The van der Waals surface area contributed by atoms with Crippen LogP contribution < -0.4 is 0 Å². The normalized spacial score (nSPS) is 13.3. The average Bonchev–Trinajstić information content (AvgIpc) is 2.67. The highest BCUT2D eigenvalue weighted by atomic mass is 16.7. The molecule has 0 heterocycles. The summed E-state index contributed by atoms with van der Waals surface area (Å²) in [6.07, 6.45) is 3.34.